The summed E-state index contributed by atoms with van der Waals surface area (Å²) in [7, 11) is 1.36. The molecule has 0 amide bonds. The Balaban J connectivity index is 2.23. The van der Waals surface area contributed by atoms with Crippen molar-refractivity contribution in [2.75, 3.05) is 6.61 Å². The summed E-state index contributed by atoms with van der Waals surface area (Å²) >= 11 is 0. The van der Waals surface area contributed by atoms with E-state index >= 15 is 0 Å². The minimum absolute atomic E-state index is 0.0930. The van der Waals surface area contributed by atoms with Gasteiger partial charge in [-0.05, 0) is 0 Å². The molecule has 0 aliphatic carbocycles. The summed E-state index contributed by atoms with van der Waals surface area (Å²) < 4.78 is 17.9. The zero-order valence-electron chi connectivity index (χ0n) is 13.1. The van der Waals surface area contributed by atoms with Crippen LogP contribution in [-0.4, -0.2) is 39.9 Å². The molecule has 1 aliphatic heterocycles. The maximum atomic E-state index is 12.1. The smallest absolute Gasteiger partial charge is 0.332 e. The van der Waals surface area contributed by atoms with Crippen molar-refractivity contribution in [2.24, 2.45) is 7.05 Å². The molecule has 0 spiro atoms. The van der Waals surface area contributed by atoms with Gasteiger partial charge in [0.15, 0.2) is 0 Å². The normalized spacial score (nSPS) is 23.5. The summed E-state index contributed by atoms with van der Waals surface area (Å²) in [6.45, 7) is 2.42. The molecule has 1 saturated heterocycles. The number of hydrogen-bond acceptors (Lipinski definition) is 7. The lowest BCUT2D eigenvalue weighted by molar-refractivity contribution is -0.155. The lowest BCUT2D eigenvalue weighted by Gasteiger charge is -2.17. The van der Waals surface area contributed by atoms with E-state index in [1.165, 1.54) is 37.7 Å². The molecule has 1 aromatic rings. The van der Waals surface area contributed by atoms with Gasteiger partial charge >= 0.3 is 17.6 Å². The van der Waals surface area contributed by atoms with Gasteiger partial charge in [-0.1, -0.05) is 0 Å². The van der Waals surface area contributed by atoms with Crippen molar-refractivity contribution in [1.29, 1.82) is 0 Å². The van der Waals surface area contributed by atoms with E-state index in [1.54, 1.807) is 0 Å². The van der Waals surface area contributed by atoms with E-state index in [1.807, 2.05) is 0 Å². The summed E-state index contributed by atoms with van der Waals surface area (Å²) in [5, 5.41) is 0. The summed E-state index contributed by atoms with van der Waals surface area (Å²) in [5.41, 5.74) is -0.977. The average molecular weight is 326 g/mol. The lowest BCUT2D eigenvalue weighted by atomic mass is 10.2. The molecule has 0 bridgehead atoms. The third kappa shape index (κ3) is 3.86. The average Bonchev–Trinajstić information content (AvgIpc) is 2.84. The first-order valence-electron chi connectivity index (χ1n) is 7.04. The van der Waals surface area contributed by atoms with Gasteiger partial charge in [-0.2, -0.15) is 0 Å². The zero-order valence-corrected chi connectivity index (χ0v) is 13.1. The van der Waals surface area contributed by atoms with Crippen LogP contribution in [0.25, 0.3) is 0 Å². The third-order valence-electron chi connectivity index (χ3n) is 3.48. The Kier molecular flexibility index (Phi) is 4.99. The predicted octanol–water partition coefficient (Wildman–Crippen LogP) is -0.671. The van der Waals surface area contributed by atoms with Crippen LogP contribution in [0.5, 0.6) is 0 Å². The number of carbonyl (C=O) groups excluding carboxylic acids is 2. The first kappa shape index (κ1) is 16.9. The number of ether oxygens (including phenoxy) is 3. The number of carbonyl (C=O) groups is 2. The summed E-state index contributed by atoms with van der Waals surface area (Å²) in [6, 6.07) is 1.24. The Morgan fingerprint density at radius 3 is 2.61 bits per heavy atom. The molecule has 1 aliphatic rings. The van der Waals surface area contributed by atoms with Gasteiger partial charge in [0.05, 0.1) is 0 Å². The van der Waals surface area contributed by atoms with Crippen molar-refractivity contribution >= 4 is 11.9 Å². The second-order valence-electron chi connectivity index (χ2n) is 5.22. The van der Waals surface area contributed by atoms with Gasteiger partial charge in [-0.15, -0.1) is 0 Å². The van der Waals surface area contributed by atoms with E-state index < -0.39 is 41.6 Å². The van der Waals surface area contributed by atoms with Crippen molar-refractivity contribution in [2.45, 2.75) is 38.7 Å². The maximum absolute atomic E-state index is 12.1. The van der Waals surface area contributed by atoms with Crippen LogP contribution in [0.4, 0.5) is 0 Å². The highest BCUT2D eigenvalue weighted by Crippen LogP contribution is 2.30. The van der Waals surface area contributed by atoms with Crippen LogP contribution >= 0.6 is 0 Å². The third-order valence-corrected chi connectivity index (χ3v) is 3.48. The van der Waals surface area contributed by atoms with Gasteiger partial charge in [0, 0.05) is 39.6 Å². The monoisotopic (exact) mass is 326 g/mol. The molecule has 2 heterocycles. The van der Waals surface area contributed by atoms with Crippen LogP contribution in [0.2, 0.25) is 0 Å². The van der Waals surface area contributed by atoms with Crippen molar-refractivity contribution < 1.29 is 23.8 Å². The minimum Gasteiger partial charge on any atom is -0.463 e. The molecule has 1 fully saturated rings. The Hall–Kier alpha value is -2.42. The van der Waals surface area contributed by atoms with Crippen molar-refractivity contribution in [1.82, 2.24) is 9.13 Å². The molecule has 9 nitrogen and oxygen atoms in total. The fourth-order valence-corrected chi connectivity index (χ4v) is 2.36. The standard InChI is InChI=1S/C14H18N2O7/c1-8(17)21-7-11-10(22-9(2)18)6-13(23-11)16-5-4-12(19)15(3)14(16)20/h4-5,10-11,13H,6-7H2,1-3H3/t10-,11+,13+/m0/s1. The Labute approximate surface area is 131 Å². The van der Waals surface area contributed by atoms with Crippen LogP contribution in [0.1, 0.15) is 26.5 Å². The summed E-state index contributed by atoms with van der Waals surface area (Å²) in [5.74, 6) is -0.988. The predicted molar refractivity (Wildman–Crippen MR) is 76.7 cm³/mol. The molecule has 1 aromatic heterocycles. The van der Waals surface area contributed by atoms with E-state index in [4.69, 9.17) is 14.2 Å². The van der Waals surface area contributed by atoms with Gasteiger partial charge < -0.3 is 14.2 Å². The molecule has 0 unspecified atom stereocenters. The minimum atomic E-state index is -0.723. The van der Waals surface area contributed by atoms with E-state index in [0.717, 1.165) is 4.57 Å². The van der Waals surface area contributed by atoms with Crippen LogP contribution in [0.3, 0.4) is 0 Å². The molecule has 0 radical (unpaired) electrons. The van der Waals surface area contributed by atoms with E-state index in [2.05, 4.69) is 0 Å². The number of esters is 2. The SMILES string of the molecule is CC(=O)OC[C@H]1O[C@@H](n2ccc(=O)n(C)c2=O)C[C@@H]1OC(C)=O. The van der Waals surface area contributed by atoms with E-state index in [-0.39, 0.29) is 13.0 Å². The summed E-state index contributed by atoms with van der Waals surface area (Å²) in [6.07, 6.45) is -0.519. The first-order chi connectivity index (χ1) is 10.8. The van der Waals surface area contributed by atoms with Gasteiger partial charge in [-0.25, -0.2) is 4.79 Å². The van der Waals surface area contributed by atoms with Crippen molar-refractivity contribution in [3.8, 4) is 0 Å². The van der Waals surface area contributed by atoms with Gasteiger partial charge in [0.25, 0.3) is 5.56 Å². The lowest BCUT2D eigenvalue weighted by Crippen LogP contribution is -2.38. The quantitative estimate of drug-likeness (QED) is 0.675. The number of aromatic nitrogens is 2. The largest absolute Gasteiger partial charge is 0.463 e. The Bertz CT molecular complexity index is 721. The Morgan fingerprint density at radius 1 is 1.30 bits per heavy atom. The first-order valence-corrected chi connectivity index (χ1v) is 7.04. The highest BCUT2D eigenvalue weighted by Gasteiger charge is 2.39. The molecule has 126 valence electrons. The fourth-order valence-electron chi connectivity index (χ4n) is 2.36. The molecular weight excluding hydrogens is 308 g/mol. The van der Waals surface area contributed by atoms with Gasteiger partial charge in [0.1, 0.15) is 25.0 Å². The highest BCUT2D eigenvalue weighted by molar-refractivity contribution is 5.66. The molecule has 9 heteroatoms. The number of rotatable bonds is 4. The van der Waals surface area contributed by atoms with Crippen LogP contribution in [0, 0.1) is 0 Å². The maximum Gasteiger partial charge on any atom is 0.332 e. The van der Waals surface area contributed by atoms with Crippen molar-refractivity contribution in [3.63, 3.8) is 0 Å². The molecule has 0 saturated carbocycles. The Morgan fingerprint density at radius 2 is 2.00 bits per heavy atom. The van der Waals surface area contributed by atoms with E-state index in [9.17, 15) is 19.2 Å². The molecular formula is C14H18N2O7. The molecule has 0 aromatic carbocycles. The zero-order chi connectivity index (χ0) is 17.1. The molecule has 23 heavy (non-hydrogen) atoms. The molecule has 3 atom stereocenters. The van der Waals surface area contributed by atoms with Crippen molar-refractivity contribution in [3.05, 3.63) is 33.1 Å². The van der Waals surface area contributed by atoms with Gasteiger partial charge in [0.2, 0.25) is 0 Å². The second kappa shape index (κ2) is 6.78. The fraction of sp³-hybridized carbons (Fsp3) is 0.571. The van der Waals surface area contributed by atoms with Crippen LogP contribution in [0.15, 0.2) is 21.9 Å². The molecule has 2 rings (SSSR count). The number of hydrogen-bond donors (Lipinski definition) is 0. The van der Waals surface area contributed by atoms with Gasteiger partial charge in [-0.3, -0.25) is 23.5 Å². The molecule has 0 N–H and O–H groups in total. The number of nitrogens with zero attached hydrogens (tertiary/aromatic N) is 2. The highest BCUT2D eigenvalue weighted by atomic mass is 16.6. The van der Waals surface area contributed by atoms with Crippen LogP contribution in [-0.2, 0) is 30.8 Å². The second-order valence-corrected chi connectivity index (χ2v) is 5.22. The van der Waals surface area contributed by atoms with Crippen LogP contribution < -0.4 is 11.2 Å². The summed E-state index contributed by atoms with van der Waals surface area (Å²) in [4.78, 5) is 45.7. The van der Waals surface area contributed by atoms with E-state index in [0.29, 0.717) is 0 Å². The topological polar surface area (TPSA) is 106 Å².